The number of nitrogens with zero attached hydrogens (tertiary/aromatic N) is 4. The van der Waals surface area contributed by atoms with Gasteiger partial charge in [0.1, 0.15) is 0 Å². The largest absolute Gasteiger partial charge is 0.469 e. The third kappa shape index (κ3) is 4.18. The second-order valence-corrected chi connectivity index (χ2v) is 7.41. The minimum Gasteiger partial charge on any atom is -0.469 e. The first-order valence-corrected chi connectivity index (χ1v) is 10.2. The van der Waals surface area contributed by atoms with Gasteiger partial charge in [-0.3, -0.25) is 14.8 Å². The van der Waals surface area contributed by atoms with Gasteiger partial charge < -0.3 is 19.5 Å². The van der Waals surface area contributed by atoms with Gasteiger partial charge in [-0.2, -0.15) is 0 Å². The third-order valence-electron chi connectivity index (χ3n) is 5.21. The Morgan fingerprint density at radius 3 is 2.63 bits per heavy atom. The fourth-order valence-electron chi connectivity index (χ4n) is 3.79. The lowest BCUT2D eigenvalue weighted by molar-refractivity contribution is -0.140. The van der Waals surface area contributed by atoms with E-state index >= 15 is 0 Å². The Kier molecular flexibility index (Phi) is 6.04. The van der Waals surface area contributed by atoms with E-state index in [1.807, 2.05) is 48.7 Å². The van der Waals surface area contributed by atoms with Crippen LogP contribution in [-0.2, 0) is 16.1 Å². The van der Waals surface area contributed by atoms with Crippen LogP contribution in [0.5, 0.6) is 0 Å². The molecule has 3 aromatic heterocycles. The molecular formula is C22H23N5O2S. The van der Waals surface area contributed by atoms with Crippen molar-refractivity contribution in [2.75, 3.05) is 13.7 Å². The minimum atomic E-state index is -0.262. The topological polar surface area (TPSA) is 72.3 Å². The summed E-state index contributed by atoms with van der Waals surface area (Å²) in [7, 11) is 1.40. The molecular weight excluding hydrogens is 398 g/mol. The fraction of sp³-hybridized carbons (Fsp3) is 0.273. The van der Waals surface area contributed by atoms with E-state index in [1.54, 1.807) is 12.4 Å². The molecule has 154 valence electrons. The molecule has 4 heterocycles. The van der Waals surface area contributed by atoms with Crippen LogP contribution in [0.3, 0.4) is 0 Å². The Labute approximate surface area is 180 Å². The number of carbonyl (C=O) groups is 1. The molecule has 1 fully saturated rings. The van der Waals surface area contributed by atoms with Gasteiger partial charge in [0.15, 0.2) is 5.11 Å². The van der Waals surface area contributed by atoms with Gasteiger partial charge in [0.05, 0.1) is 43.5 Å². The number of methoxy groups -OCH3 is 1. The molecule has 2 unspecified atom stereocenters. The highest BCUT2D eigenvalue weighted by molar-refractivity contribution is 7.80. The molecule has 0 aromatic carbocycles. The molecule has 3 aromatic rings. The zero-order valence-corrected chi connectivity index (χ0v) is 17.5. The summed E-state index contributed by atoms with van der Waals surface area (Å²) >= 11 is 5.64. The first-order chi connectivity index (χ1) is 14.7. The number of hydrogen-bond acceptors (Lipinski definition) is 5. The van der Waals surface area contributed by atoms with E-state index in [2.05, 4.69) is 30.8 Å². The summed E-state index contributed by atoms with van der Waals surface area (Å²) in [6.07, 6.45) is 5.87. The van der Waals surface area contributed by atoms with Gasteiger partial charge in [-0.25, -0.2) is 0 Å². The number of rotatable bonds is 7. The Morgan fingerprint density at radius 1 is 1.13 bits per heavy atom. The number of esters is 1. The number of nitrogens with one attached hydrogen (secondary N) is 1. The molecule has 0 amide bonds. The highest BCUT2D eigenvalue weighted by Crippen LogP contribution is 2.38. The quantitative estimate of drug-likeness (QED) is 0.465. The van der Waals surface area contributed by atoms with Crippen molar-refractivity contribution < 1.29 is 9.53 Å². The van der Waals surface area contributed by atoms with Gasteiger partial charge in [0, 0.05) is 30.8 Å². The van der Waals surface area contributed by atoms with Gasteiger partial charge in [-0.1, -0.05) is 12.1 Å². The third-order valence-corrected chi connectivity index (χ3v) is 5.56. The monoisotopic (exact) mass is 421 g/mol. The predicted octanol–water partition coefficient (Wildman–Crippen LogP) is 2.86. The molecule has 0 spiro atoms. The van der Waals surface area contributed by atoms with Crippen LogP contribution in [0.4, 0.5) is 0 Å². The maximum atomic E-state index is 11.8. The number of hydrogen-bond donors (Lipinski definition) is 1. The average Bonchev–Trinajstić information content (AvgIpc) is 3.36. The van der Waals surface area contributed by atoms with Gasteiger partial charge in [0.2, 0.25) is 0 Å². The summed E-state index contributed by atoms with van der Waals surface area (Å²) in [5.41, 5.74) is 2.95. The number of carbonyl (C=O) groups excluding carboxylic acids is 1. The van der Waals surface area contributed by atoms with E-state index in [-0.39, 0.29) is 24.5 Å². The van der Waals surface area contributed by atoms with E-state index in [0.717, 1.165) is 17.1 Å². The maximum Gasteiger partial charge on any atom is 0.307 e. The maximum absolute atomic E-state index is 11.8. The summed E-state index contributed by atoms with van der Waals surface area (Å²) in [5, 5.41) is 4.01. The number of thiocarbonyl (C=S) groups is 1. The van der Waals surface area contributed by atoms with Crippen LogP contribution in [0.25, 0.3) is 0 Å². The molecule has 0 saturated carbocycles. The Bertz CT molecular complexity index is 1010. The van der Waals surface area contributed by atoms with Crippen LogP contribution < -0.4 is 5.32 Å². The van der Waals surface area contributed by atoms with Gasteiger partial charge in [-0.15, -0.1) is 0 Å². The molecule has 8 heteroatoms. The molecule has 1 N–H and O–H groups in total. The molecule has 30 heavy (non-hydrogen) atoms. The normalized spacial score (nSPS) is 18.3. The minimum absolute atomic E-state index is 0.115. The summed E-state index contributed by atoms with van der Waals surface area (Å²) < 4.78 is 7.00. The summed E-state index contributed by atoms with van der Waals surface area (Å²) in [6.45, 7) is 1.10. The van der Waals surface area contributed by atoms with Gasteiger partial charge >= 0.3 is 5.97 Å². The van der Waals surface area contributed by atoms with E-state index in [0.29, 0.717) is 18.2 Å². The van der Waals surface area contributed by atoms with E-state index in [9.17, 15) is 4.79 Å². The number of ether oxygens (including phenoxy) is 1. The first kappa shape index (κ1) is 20.0. The smallest absolute Gasteiger partial charge is 0.307 e. The van der Waals surface area contributed by atoms with Crippen molar-refractivity contribution in [3.63, 3.8) is 0 Å². The molecule has 1 saturated heterocycles. The van der Waals surface area contributed by atoms with Crippen LogP contribution in [0.2, 0.25) is 0 Å². The zero-order valence-electron chi connectivity index (χ0n) is 16.6. The Morgan fingerprint density at radius 2 is 1.93 bits per heavy atom. The van der Waals surface area contributed by atoms with Crippen LogP contribution in [-0.4, -0.2) is 44.2 Å². The lowest BCUT2D eigenvalue weighted by Gasteiger charge is -2.28. The van der Waals surface area contributed by atoms with Crippen LogP contribution in [0.15, 0.2) is 67.1 Å². The predicted molar refractivity (Wildman–Crippen MR) is 117 cm³/mol. The van der Waals surface area contributed by atoms with Crippen LogP contribution in [0.1, 0.15) is 35.6 Å². The summed E-state index contributed by atoms with van der Waals surface area (Å²) in [4.78, 5) is 22.8. The lowest BCUT2D eigenvalue weighted by Crippen LogP contribution is -2.32. The highest BCUT2D eigenvalue weighted by Gasteiger charge is 2.41. The zero-order chi connectivity index (χ0) is 20.9. The Balaban J connectivity index is 1.69. The van der Waals surface area contributed by atoms with Gasteiger partial charge in [-0.05, 0) is 48.6 Å². The molecule has 7 nitrogen and oxygen atoms in total. The van der Waals surface area contributed by atoms with Crippen molar-refractivity contribution in [3.8, 4) is 0 Å². The standard InChI is InChI=1S/C22H23N5O2S/c1-29-19(28)10-14-27-21(20(25-22(27)30)17-8-3-5-12-24-17)18-9-6-13-26(18)15-16-7-2-4-11-23-16/h2-9,11-13,20-21H,10,14-15H2,1H3,(H,25,30). The van der Waals surface area contributed by atoms with Crippen molar-refractivity contribution >= 4 is 23.3 Å². The molecule has 1 aliphatic rings. The van der Waals surface area contributed by atoms with E-state index in [4.69, 9.17) is 17.0 Å². The van der Waals surface area contributed by atoms with Crippen molar-refractivity contribution in [2.45, 2.75) is 25.0 Å². The van der Waals surface area contributed by atoms with Crippen LogP contribution >= 0.6 is 12.2 Å². The number of aromatic nitrogens is 3. The van der Waals surface area contributed by atoms with Crippen molar-refractivity contribution in [1.29, 1.82) is 0 Å². The SMILES string of the molecule is COC(=O)CCN1C(=S)NC(c2ccccn2)C1c1cccn1Cc1ccccn1. The summed E-state index contributed by atoms with van der Waals surface area (Å²) in [5.74, 6) is -0.262. The van der Waals surface area contributed by atoms with Gasteiger partial charge in [0.25, 0.3) is 0 Å². The average molecular weight is 422 g/mol. The molecule has 2 atom stereocenters. The molecule has 4 rings (SSSR count). The summed E-state index contributed by atoms with van der Waals surface area (Å²) in [6, 6.07) is 15.6. The first-order valence-electron chi connectivity index (χ1n) is 9.77. The molecule has 0 bridgehead atoms. The van der Waals surface area contributed by atoms with Crippen molar-refractivity contribution in [2.24, 2.45) is 0 Å². The second-order valence-electron chi connectivity index (χ2n) is 7.03. The van der Waals surface area contributed by atoms with Crippen LogP contribution in [0, 0.1) is 0 Å². The number of pyridine rings is 2. The molecule has 0 radical (unpaired) electrons. The van der Waals surface area contributed by atoms with E-state index in [1.165, 1.54) is 7.11 Å². The van der Waals surface area contributed by atoms with E-state index < -0.39 is 0 Å². The molecule has 1 aliphatic heterocycles. The van der Waals surface area contributed by atoms with Crippen molar-refractivity contribution in [1.82, 2.24) is 24.8 Å². The Hall–Kier alpha value is -3.26. The van der Waals surface area contributed by atoms with Crippen molar-refractivity contribution in [3.05, 3.63) is 84.2 Å². The highest BCUT2D eigenvalue weighted by atomic mass is 32.1. The molecule has 0 aliphatic carbocycles. The second kappa shape index (κ2) is 9.04. The fourth-order valence-corrected chi connectivity index (χ4v) is 4.12. The lowest BCUT2D eigenvalue weighted by atomic mass is 10.0.